The second-order valence-electron chi connectivity index (χ2n) is 6.61. The van der Waals surface area contributed by atoms with Gasteiger partial charge in [-0.15, -0.1) is 0 Å². The lowest BCUT2D eigenvalue weighted by Crippen LogP contribution is -2.34. The molecule has 0 saturated heterocycles. The minimum atomic E-state index is -1.57. The van der Waals surface area contributed by atoms with E-state index in [4.69, 9.17) is 9.94 Å². The van der Waals surface area contributed by atoms with E-state index in [-0.39, 0.29) is 18.8 Å². The number of hydroxylamine groups is 1. The molecule has 0 unspecified atom stereocenters. The van der Waals surface area contributed by atoms with Crippen LogP contribution in [0.3, 0.4) is 0 Å². The molecule has 4 N–H and O–H groups in total. The highest BCUT2D eigenvalue weighted by atomic mass is 127. The van der Waals surface area contributed by atoms with E-state index in [2.05, 4.69) is 20.6 Å². The average molecular weight is 594 g/mol. The Morgan fingerprint density at radius 3 is 2.50 bits per heavy atom. The van der Waals surface area contributed by atoms with Crippen LogP contribution >= 0.6 is 22.6 Å². The molecular formula is C21H22F3IN4O5. The molecule has 2 amide bonds. The van der Waals surface area contributed by atoms with Gasteiger partial charge in [0.25, 0.3) is 11.8 Å². The number of nitrogens with zero attached hydrogens (tertiary/aromatic N) is 1. The van der Waals surface area contributed by atoms with Crippen molar-refractivity contribution >= 4 is 51.5 Å². The fourth-order valence-corrected chi connectivity index (χ4v) is 3.12. The highest BCUT2D eigenvalue weighted by Gasteiger charge is 2.28. The third-order valence-electron chi connectivity index (χ3n) is 4.19. The lowest BCUT2D eigenvalue weighted by molar-refractivity contribution is -0.114. The molecule has 0 bridgehead atoms. The predicted molar refractivity (Wildman–Crippen MR) is 126 cm³/mol. The van der Waals surface area contributed by atoms with Gasteiger partial charge >= 0.3 is 0 Å². The molecule has 0 heterocycles. The van der Waals surface area contributed by atoms with Crippen LogP contribution in [0.2, 0.25) is 0 Å². The van der Waals surface area contributed by atoms with Crippen molar-refractivity contribution in [3.05, 3.63) is 56.4 Å². The molecular weight excluding hydrogens is 572 g/mol. The Morgan fingerprint density at radius 1 is 1.15 bits per heavy atom. The van der Waals surface area contributed by atoms with E-state index in [0.717, 1.165) is 19.2 Å². The van der Waals surface area contributed by atoms with Gasteiger partial charge in [0.05, 0.1) is 30.2 Å². The Labute approximate surface area is 206 Å². The number of oxime groups is 1. The van der Waals surface area contributed by atoms with Crippen molar-refractivity contribution in [1.29, 1.82) is 0 Å². The lowest BCUT2D eigenvalue weighted by atomic mass is 10.0. The maximum atomic E-state index is 15.2. The van der Waals surface area contributed by atoms with Gasteiger partial charge in [0.2, 0.25) is 0 Å². The fraction of sp³-hybridized carbons (Fsp3) is 0.286. The number of aliphatic hydroxyl groups is 1. The van der Waals surface area contributed by atoms with Gasteiger partial charge < -0.3 is 20.6 Å². The largest absolute Gasteiger partial charge is 0.398 e. The highest BCUT2D eigenvalue weighted by Crippen LogP contribution is 2.31. The molecule has 2 aromatic rings. The molecule has 0 aromatic heterocycles. The standard InChI is InChI=1S/C21H22F3IN4O5/c1-3-6-26-21(32)19(28-33-2)12-10-13(20(31)29-34-8-7-30)18(17(24)16(12)23)27-15-5-4-11(25)9-14(15)22/h4-5,9-10,27,30H,3,6-8H2,1-2H3,(H,26,32)(H,29,31). The Bertz CT molecular complexity index is 1080. The number of amides is 2. The van der Waals surface area contributed by atoms with Crippen LogP contribution < -0.4 is 16.1 Å². The molecule has 0 radical (unpaired) electrons. The molecule has 0 spiro atoms. The fourth-order valence-electron chi connectivity index (χ4n) is 2.67. The molecule has 0 saturated carbocycles. The number of hydrogen-bond acceptors (Lipinski definition) is 7. The summed E-state index contributed by atoms with van der Waals surface area (Å²) in [5.41, 5.74) is -0.804. The average Bonchev–Trinajstić information content (AvgIpc) is 2.81. The van der Waals surface area contributed by atoms with Gasteiger partial charge in [0.1, 0.15) is 12.9 Å². The number of aliphatic hydroxyl groups excluding tert-OH is 1. The van der Waals surface area contributed by atoms with Gasteiger partial charge in [-0.2, -0.15) is 0 Å². The van der Waals surface area contributed by atoms with E-state index in [1.54, 1.807) is 6.92 Å². The number of anilines is 2. The molecule has 0 aliphatic carbocycles. The normalized spacial score (nSPS) is 11.2. The van der Waals surface area contributed by atoms with E-state index in [0.29, 0.717) is 9.99 Å². The quantitative estimate of drug-likeness (QED) is 0.138. The van der Waals surface area contributed by atoms with E-state index in [1.165, 1.54) is 12.1 Å². The topological polar surface area (TPSA) is 121 Å². The van der Waals surface area contributed by atoms with Gasteiger partial charge in [-0.3, -0.25) is 14.4 Å². The zero-order chi connectivity index (χ0) is 25.3. The number of benzene rings is 2. The number of rotatable bonds is 11. The van der Waals surface area contributed by atoms with E-state index in [9.17, 15) is 14.0 Å². The second kappa shape index (κ2) is 13.1. The molecule has 9 nitrogen and oxygen atoms in total. The summed E-state index contributed by atoms with van der Waals surface area (Å²) in [5, 5.41) is 17.2. The van der Waals surface area contributed by atoms with Crippen LogP contribution in [0.1, 0.15) is 29.3 Å². The molecule has 0 aliphatic heterocycles. The summed E-state index contributed by atoms with van der Waals surface area (Å²) in [4.78, 5) is 34.5. The Morgan fingerprint density at radius 2 is 1.88 bits per heavy atom. The predicted octanol–water partition coefficient (Wildman–Crippen LogP) is 2.98. The van der Waals surface area contributed by atoms with Gasteiger partial charge in [-0.1, -0.05) is 12.1 Å². The van der Waals surface area contributed by atoms with E-state index < -0.39 is 58.4 Å². The van der Waals surface area contributed by atoms with Crippen molar-refractivity contribution in [2.75, 3.05) is 32.2 Å². The van der Waals surface area contributed by atoms with Gasteiger partial charge in [0.15, 0.2) is 17.3 Å². The van der Waals surface area contributed by atoms with E-state index >= 15 is 8.78 Å². The zero-order valence-electron chi connectivity index (χ0n) is 18.2. The van der Waals surface area contributed by atoms with Crippen molar-refractivity contribution in [2.24, 2.45) is 5.16 Å². The minimum absolute atomic E-state index is 0.222. The lowest BCUT2D eigenvalue weighted by Gasteiger charge is -2.17. The van der Waals surface area contributed by atoms with Crippen molar-refractivity contribution in [2.45, 2.75) is 13.3 Å². The van der Waals surface area contributed by atoms with Crippen LogP contribution in [-0.4, -0.2) is 49.5 Å². The molecule has 34 heavy (non-hydrogen) atoms. The van der Waals surface area contributed by atoms with E-state index in [1.807, 2.05) is 28.1 Å². The molecule has 2 aromatic carbocycles. The molecule has 13 heteroatoms. The number of halogens is 4. The number of carbonyl (C=O) groups excluding carboxylic acids is 2. The monoisotopic (exact) mass is 594 g/mol. The number of nitrogens with one attached hydrogen (secondary N) is 3. The first kappa shape index (κ1) is 27.3. The Balaban J connectivity index is 2.65. The second-order valence-corrected chi connectivity index (χ2v) is 7.85. The summed E-state index contributed by atoms with van der Waals surface area (Å²) in [7, 11) is 1.10. The first-order valence-corrected chi connectivity index (χ1v) is 11.0. The molecule has 184 valence electrons. The third kappa shape index (κ3) is 6.80. The van der Waals surface area contributed by atoms with Gasteiger partial charge in [-0.05, 0) is 53.3 Å². The molecule has 0 fully saturated rings. The molecule has 2 rings (SSSR count). The summed E-state index contributed by atoms with van der Waals surface area (Å²) in [6.07, 6.45) is 0.559. The van der Waals surface area contributed by atoms with Crippen LogP contribution in [0.15, 0.2) is 29.4 Å². The summed E-state index contributed by atoms with van der Waals surface area (Å²) >= 11 is 1.87. The first-order valence-electron chi connectivity index (χ1n) is 9.91. The number of carbonyl (C=O) groups is 2. The molecule has 0 atom stereocenters. The maximum Gasteiger partial charge on any atom is 0.277 e. The molecule has 0 aliphatic rings. The summed E-state index contributed by atoms with van der Waals surface area (Å²) in [5.74, 6) is -5.81. The summed E-state index contributed by atoms with van der Waals surface area (Å²) < 4.78 is 45.3. The van der Waals surface area contributed by atoms with Crippen LogP contribution in [0.5, 0.6) is 0 Å². The van der Waals surface area contributed by atoms with Crippen LogP contribution in [0.25, 0.3) is 0 Å². The smallest absolute Gasteiger partial charge is 0.277 e. The van der Waals surface area contributed by atoms with Crippen LogP contribution in [0.4, 0.5) is 24.5 Å². The van der Waals surface area contributed by atoms with Crippen LogP contribution in [-0.2, 0) is 14.5 Å². The summed E-state index contributed by atoms with van der Waals surface area (Å²) in [6.45, 7) is 1.30. The van der Waals surface area contributed by atoms with Crippen molar-refractivity contribution in [3.63, 3.8) is 0 Å². The summed E-state index contributed by atoms with van der Waals surface area (Å²) in [6, 6.07) is 4.80. The maximum absolute atomic E-state index is 15.2. The van der Waals surface area contributed by atoms with Gasteiger partial charge in [-0.25, -0.2) is 18.7 Å². The van der Waals surface area contributed by atoms with Crippen LogP contribution in [0, 0.1) is 21.0 Å². The SMILES string of the molecule is CCCNC(=O)C(=NOC)c1cc(C(=O)NOCCO)c(Nc2ccc(I)cc2F)c(F)c1F. The minimum Gasteiger partial charge on any atom is -0.398 e. The zero-order valence-corrected chi connectivity index (χ0v) is 20.3. The number of hydrogen-bond donors (Lipinski definition) is 4. The van der Waals surface area contributed by atoms with Crippen molar-refractivity contribution in [3.8, 4) is 0 Å². The van der Waals surface area contributed by atoms with Crippen molar-refractivity contribution < 1.29 is 37.5 Å². The van der Waals surface area contributed by atoms with Crippen molar-refractivity contribution in [1.82, 2.24) is 10.8 Å². The third-order valence-corrected chi connectivity index (χ3v) is 4.86. The Hall–Kier alpha value is -2.91. The highest BCUT2D eigenvalue weighted by molar-refractivity contribution is 14.1. The van der Waals surface area contributed by atoms with Gasteiger partial charge in [0, 0.05) is 15.7 Å². The first-order chi connectivity index (χ1) is 16.2. The Kier molecular flexibility index (Phi) is 10.5.